The van der Waals surface area contributed by atoms with Gasteiger partial charge in [-0.3, -0.25) is 10.5 Å². The van der Waals surface area contributed by atoms with E-state index in [0.717, 1.165) is 24.3 Å². The van der Waals surface area contributed by atoms with Crippen LogP contribution in [0.1, 0.15) is 13.3 Å². The first-order valence-electron chi connectivity index (χ1n) is 5.70. The van der Waals surface area contributed by atoms with E-state index in [2.05, 4.69) is 37.4 Å². The molecule has 1 aliphatic rings. The first-order valence-corrected chi connectivity index (χ1v) is 5.70. The van der Waals surface area contributed by atoms with Gasteiger partial charge in [0.05, 0.1) is 11.6 Å². The zero-order valence-electron chi connectivity index (χ0n) is 9.64. The predicted molar refractivity (Wildman–Crippen MR) is 65.5 cm³/mol. The summed E-state index contributed by atoms with van der Waals surface area (Å²) in [7, 11) is 0. The van der Waals surface area contributed by atoms with Crippen molar-refractivity contribution in [2.24, 2.45) is 11.8 Å². The average molecular weight is 233 g/mol. The Morgan fingerprint density at radius 2 is 2.41 bits per heavy atom. The predicted octanol–water partition coefficient (Wildman–Crippen LogP) is 0.485. The van der Waals surface area contributed by atoms with Gasteiger partial charge in [0, 0.05) is 13.1 Å². The van der Waals surface area contributed by atoms with E-state index < -0.39 is 0 Å². The Bertz CT molecular complexity index is 534. The van der Waals surface area contributed by atoms with Crippen LogP contribution in [-0.2, 0) is 0 Å². The summed E-state index contributed by atoms with van der Waals surface area (Å²) >= 11 is 0. The van der Waals surface area contributed by atoms with Crippen molar-refractivity contribution < 1.29 is 0 Å². The minimum Gasteiger partial charge on any atom is -0.356 e. The Morgan fingerprint density at radius 1 is 1.53 bits per heavy atom. The molecule has 0 bridgehead atoms. The van der Waals surface area contributed by atoms with E-state index in [1.807, 2.05) is 0 Å². The lowest BCUT2D eigenvalue weighted by Crippen LogP contribution is -2.22. The minimum absolute atomic E-state index is 0.413. The molecule has 17 heavy (non-hydrogen) atoms. The molecule has 2 aromatic rings. The molecule has 3 heterocycles. The molecule has 1 saturated heterocycles. The molecule has 1 atom stereocenters. The highest BCUT2D eigenvalue weighted by atomic mass is 15.3. The number of hydrazine groups is 1. The van der Waals surface area contributed by atoms with Crippen LogP contribution in [0.25, 0.3) is 11.0 Å². The van der Waals surface area contributed by atoms with Crippen molar-refractivity contribution in [3.63, 3.8) is 0 Å². The van der Waals surface area contributed by atoms with Gasteiger partial charge >= 0.3 is 0 Å². The number of aromatic amines is 1. The number of rotatable bonds is 2. The molecule has 3 rings (SSSR count). The third kappa shape index (κ3) is 1.68. The molecule has 0 radical (unpaired) electrons. The lowest BCUT2D eigenvalue weighted by atomic mass is 10.2. The summed E-state index contributed by atoms with van der Waals surface area (Å²) in [6.07, 6.45) is 2.95. The van der Waals surface area contributed by atoms with Gasteiger partial charge < -0.3 is 4.90 Å². The van der Waals surface area contributed by atoms with Crippen LogP contribution in [0, 0.1) is 5.92 Å². The second-order valence-corrected chi connectivity index (χ2v) is 4.49. The van der Waals surface area contributed by atoms with Crippen molar-refractivity contribution in [2.45, 2.75) is 13.3 Å². The molecule has 0 saturated carbocycles. The van der Waals surface area contributed by atoms with Crippen molar-refractivity contribution in [3.8, 4) is 0 Å². The standard InChI is InChI=1S/C10H15N7/c1-6-2-3-17(5-6)9-7-4-12-16-8(7)13-10(14-9)15-11/h4,6H,2-3,5,11H2,1H3,(H2,12,13,14,15,16). The van der Waals surface area contributed by atoms with Gasteiger partial charge in [-0.2, -0.15) is 15.1 Å². The number of nitrogens with zero attached hydrogens (tertiary/aromatic N) is 4. The highest BCUT2D eigenvalue weighted by Gasteiger charge is 2.23. The van der Waals surface area contributed by atoms with Gasteiger partial charge in [-0.05, 0) is 12.3 Å². The molecule has 4 N–H and O–H groups in total. The van der Waals surface area contributed by atoms with Crippen LogP contribution in [0.5, 0.6) is 0 Å². The summed E-state index contributed by atoms with van der Waals surface area (Å²) in [4.78, 5) is 10.9. The first kappa shape index (κ1) is 10.3. The monoisotopic (exact) mass is 233 g/mol. The Morgan fingerprint density at radius 3 is 3.12 bits per heavy atom. The van der Waals surface area contributed by atoms with E-state index >= 15 is 0 Å². The molecular formula is C10H15N7. The Hall–Kier alpha value is -1.89. The highest BCUT2D eigenvalue weighted by molar-refractivity contribution is 5.87. The van der Waals surface area contributed by atoms with Crippen molar-refractivity contribution in [3.05, 3.63) is 6.20 Å². The number of aromatic nitrogens is 4. The second-order valence-electron chi connectivity index (χ2n) is 4.49. The molecule has 90 valence electrons. The largest absolute Gasteiger partial charge is 0.356 e. The summed E-state index contributed by atoms with van der Waals surface area (Å²) in [6.45, 7) is 4.28. The Balaban J connectivity index is 2.10. The van der Waals surface area contributed by atoms with Gasteiger partial charge in [0.1, 0.15) is 5.82 Å². The quantitative estimate of drug-likeness (QED) is 0.516. The van der Waals surface area contributed by atoms with Gasteiger partial charge in [-0.25, -0.2) is 5.84 Å². The van der Waals surface area contributed by atoms with Crippen LogP contribution in [0.3, 0.4) is 0 Å². The third-order valence-electron chi connectivity index (χ3n) is 3.14. The number of H-pyrrole nitrogens is 1. The van der Waals surface area contributed by atoms with Crippen molar-refractivity contribution in [1.82, 2.24) is 20.2 Å². The van der Waals surface area contributed by atoms with Crippen molar-refractivity contribution in [1.29, 1.82) is 0 Å². The number of anilines is 2. The molecule has 7 nitrogen and oxygen atoms in total. The summed E-state index contributed by atoms with van der Waals surface area (Å²) in [5.41, 5.74) is 3.20. The number of nitrogens with one attached hydrogen (secondary N) is 2. The average Bonchev–Trinajstić information content (AvgIpc) is 2.95. The van der Waals surface area contributed by atoms with Gasteiger partial charge in [-0.15, -0.1) is 0 Å². The second kappa shape index (κ2) is 3.85. The molecule has 1 unspecified atom stereocenters. The van der Waals surface area contributed by atoms with Crippen molar-refractivity contribution in [2.75, 3.05) is 23.4 Å². The first-order chi connectivity index (χ1) is 8.28. The van der Waals surface area contributed by atoms with Gasteiger partial charge in [0.2, 0.25) is 5.95 Å². The van der Waals surface area contributed by atoms with Gasteiger partial charge in [0.15, 0.2) is 5.65 Å². The zero-order chi connectivity index (χ0) is 11.8. The number of nitrogens with two attached hydrogens (primary N) is 1. The van der Waals surface area contributed by atoms with Crippen LogP contribution in [0.15, 0.2) is 6.20 Å². The number of hydrogen-bond donors (Lipinski definition) is 3. The summed E-state index contributed by atoms with van der Waals surface area (Å²) in [5.74, 6) is 7.39. The molecule has 0 spiro atoms. The van der Waals surface area contributed by atoms with E-state index in [0.29, 0.717) is 17.5 Å². The maximum atomic E-state index is 5.38. The molecule has 0 aromatic carbocycles. The molecule has 7 heteroatoms. The normalized spacial score (nSPS) is 20.1. The van der Waals surface area contributed by atoms with E-state index in [9.17, 15) is 0 Å². The molecular weight excluding hydrogens is 218 g/mol. The van der Waals surface area contributed by atoms with Crippen LogP contribution in [0.4, 0.5) is 11.8 Å². The third-order valence-corrected chi connectivity index (χ3v) is 3.14. The summed E-state index contributed by atoms with van der Waals surface area (Å²) in [6, 6.07) is 0. The van der Waals surface area contributed by atoms with E-state index in [1.54, 1.807) is 6.20 Å². The maximum Gasteiger partial charge on any atom is 0.241 e. The lowest BCUT2D eigenvalue weighted by molar-refractivity contribution is 0.659. The van der Waals surface area contributed by atoms with E-state index in [-0.39, 0.29) is 0 Å². The SMILES string of the molecule is CC1CCN(c2nc(NN)nc3[nH]ncc23)C1. The highest BCUT2D eigenvalue weighted by Crippen LogP contribution is 2.28. The Kier molecular flexibility index (Phi) is 2.32. The zero-order valence-corrected chi connectivity index (χ0v) is 9.64. The fraction of sp³-hybridized carbons (Fsp3) is 0.500. The fourth-order valence-electron chi connectivity index (χ4n) is 2.25. The molecule has 0 aliphatic carbocycles. The smallest absolute Gasteiger partial charge is 0.241 e. The van der Waals surface area contributed by atoms with Gasteiger partial charge in [-0.1, -0.05) is 6.92 Å². The number of hydrogen-bond acceptors (Lipinski definition) is 6. The van der Waals surface area contributed by atoms with Crippen molar-refractivity contribution >= 4 is 22.8 Å². The fourth-order valence-corrected chi connectivity index (χ4v) is 2.25. The number of nitrogen functional groups attached to an aromatic ring is 1. The molecule has 1 fully saturated rings. The van der Waals surface area contributed by atoms with E-state index in [4.69, 9.17) is 5.84 Å². The van der Waals surface area contributed by atoms with Crippen LogP contribution < -0.4 is 16.2 Å². The van der Waals surface area contributed by atoms with Crippen LogP contribution in [-0.4, -0.2) is 33.3 Å². The summed E-state index contributed by atoms with van der Waals surface area (Å²) < 4.78 is 0. The lowest BCUT2D eigenvalue weighted by Gasteiger charge is -2.18. The number of fused-ring (bicyclic) bond motifs is 1. The molecule has 1 aliphatic heterocycles. The topological polar surface area (TPSA) is 95.8 Å². The van der Waals surface area contributed by atoms with Crippen LogP contribution >= 0.6 is 0 Å². The Labute approximate surface area is 98.4 Å². The van der Waals surface area contributed by atoms with Gasteiger partial charge in [0.25, 0.3) is 0 Å². The molecule has 2 aromatic heterocycles. The van der Waals surface area contributed by atoms with E-state index in [1.165, 1.54) is 6.42 Å². The maximum absolute atomic E-state index is 5.38. The minimum atomic E-state index is 0.413. The molecule has 0 amide bonds. The van der Waals surface area contributed by atoms with Crippen LogP contribution in [0.2, 0.25) is 0 Å². The summed E-state index contributed by atoms with van der Waals surface area (Å²) in [5, 5.41) is 7.79.